The molecule has 0 bridgehead atoms. The molecule has 0 saturated carbocycles. The SMILES string of the molecule is c1ccc2c(c1)NC(n1c3ccccc3c3cc(-n4c5ccc6ccccc6c5c5c6ccccc6ccc54)ccc31)N=C2c1ccc(-c2ccc3ccccc3c2)cc1. The van der Waals surface area contributed by atoms with Crippen LogP contribution in [-0.2, 0) is 0 Å². The molecule has 0 spiro atoms. The molecule has 0 amide bonds. The van der Waals surface area contributed by atoms with Gasteiger partial charge in [0.2, 0.25) is 6.29 Å². The molecular formula is C56H36N4. The number of rotatable bonds is 4. The highest BCUT2D eigenvalue weighted by molar-refractivity contribution is 6.28. The van der Waals surface area contributed by atoms with Gasteiger partial charge in [-0.2, -0.15) is 0 Å². The molecule has 13 rings (SSSR count). The molecule has 0 saturated heterocycles. The Kier molecular flexibility index (Phi) is 7.04. The van der Waals surface area contributed by atoms with Crippen molar-refractivity contribution in [2.45, 2.75) is 6.29 Å². The van der Waals surface area contributed by atoms with Crippen molar-refractivity contribution in [3.8, 4) is 16.8 Å². The smallest absolute Gasteiger partial charge is 0.201 e. The van der Waals surface area contributed by atoms with Gasteiger partial charge in [-0.25, -0.2) is 4.99 Å². The van der Waals surface area contributed by atoms with Crippen LogP contribution in [0.15, 0.2) is 211 Å². The first-order chi connectivity index (χ1) is 29.7. The number of benzene rings is 10. The molecule has 3 heterocycles. The molecule has 0 fully saturated rings. The van der Waals surface area contributed by atoms with Gasteiger partial charge >= 0.3 is 0 Å². The molecule has 2 aromatic heterocycles. The van der Waals surface area contributed by atoms with Crippen molar-refractivity contribution in [1.29, 1.82) is 0 Å². The first-order valence-corrected chi connectivity index (χ1v) is 20.7. The summed E-state index contributed by atoms with van der Waals surface area (Å²) < 4.78 is 4.84. The molecule has 280 valence electrons. The van der Waals surface area contributed by atoms with Gasteiger partial charge in [-0.15, -0.1) is 0 Å². The van der Waals surface area contributed by atoms with E-state index in [1.54, 1.807) is 0 Å². The molecule has 1 aliphatic heterocycles. The lowest BCUT2D eigenvalue weighted by molar-refractivity contribution is 0.624. The van der Waals surface area contributed by atoms with E-state index in [0.717, 1.165) is 39.2 Å². The first kappa shape index (κ1) is 33.1. The van der Waals surface area contributed by atoms with Gasteiger partial charge in [0.05, 0.1) is 27.8 Å². The zero-order valence-corrected chi connectivity index (χ0v) is 32.5. The summed E-state index contributed by atoms with van der Waals surface area (Å²) in [5.74, 6) is 0. The van der Waals surface area contributed by atoms with E-state index < -0.39 is 0 Å². The highest BCUT2D eigenvalue weighted by Crippen LogP contribution is 2.43. The van der Waals surface area contributed by atoms with Gasteiger partial charge in [-0.3, -0.25) is 0 Å². The Bertz CT molecular complexity index is 3660. The van der Waals surface area contributed by atoms with Gasteiger partial charge in [0.1, 0.15) is 0 Å². The summed E-state index contributed by atoms with van der Waals surface area (Å²) in [5, 5.41) is 16.3. The van der Waals surface area contributed by atoms with E-state index in [2.05, 4.69) is 221 Å². The summed E-state index contributed by atoms with van der Waals surface area (Å²) >= 11 is 0. The number of hydrogen-bond acceptors (Lipinski definition) is 2. The quantitative estimate of drug-likeness (QED) is 0.190. The van der Waals surface area contributed by atoms with E-state index in [0.29, 0.717) is 0 Å². The van der Waals surface area contributed by atoms with Crippen LogP contribution in [0.25, 0.3) is 92.7 Å². The number of nitrogens with one attached hydrogen (secondary N) is 1. The number of fused-ring (bicyclic) bond motifs is 12. The van der Waals surface area contributed by atoms with Crippen LogP contribution < -0.4 is 5.32 Å². The summed E-state index contributed by atoms with van der Waals surface area (Å²) in [6.07, 6.45) is -0.366. The highest BCUT2D eigenvalue weighted by Gasteiger charge is 2.26. The van der Waals surface area contributed by atoms with E-state index in [9.17, 15) is 0 Å². The zero-order chi connectivity index (χ0) is 39.3. The number of aromatic nitrogens is 2. The van der Waals surface area contributed by atoms with Crippen LogP contribution in [0.4, 0.5) is 5.69 Å². The molecular weight excluding hydrogens is 729 g/mol. The van der Waals surface area contributed by atoms with Crippen molar-refractivity contribution in [3.05, 3.63) is 217 Å². The van der Waals surface area contributed by atoms with Crippen LogP contribution in [0, 0.1) is 0 Å². The third-order valence-electron chi connectivity index (χ3n) is 12.7. The van der Waals surface area contributed by atoms with Gasteiger partial charge in [0.25, 0.3) is 0 Å². The van der Waals surface area contributed by atoms with Gasteiger partial charge in [0, 0.05) is 44.0 Å². The molecule has 1 unspecified atom stereocenters. The predicted molar refractivity (Wildman–Crippen MR) is 253 cm³/mol. The molecule has 4 heteroatoms. The lowest BCUT2D eigenvalue weighted by atomic mass is 9.96. The van der Waals surface area contributed by atoms with E-state index in [1.165, 1.54) is 76.0 Å². The Morgan fingerprint density at radius 1 is 0.383 bits per heavy atom. The Morgan fingerprint density at radius 2 is 0.933 bits per heavy atom. The summed E-state index contributed by atoms with van der Waals surface area (Å²) in [7, 11) is 0. The van der Waals surface area contributed by atoms with E-state index in [4.69, 9.17) is 4.99 Å². The lowest BCUT2D eigenvalue weighted by Crippen LogP contribution is -2.24. The van der Waals surface area contributed by atoms with Crippen molar-refractivity contribution in [3.63, 3.8) is 0 Å². The fraction of sp³-hybridized carbons (Fsp3) is 0.0179. The average Bonchev–Trinajstić information content (AvgIpc) is 3.84. The topological polar surface area (TPSA) is 34.2 Å². The number of hydrogen-bond donors (Lipinski definition) is 1. The lowest BCUT2D eigenvalue weighted by Gasteiger charge is -2.28. The van der Waals surface area contributed by atoms with Crippen LogP contribution in [0.3, 0.4) is 0 Å². The Hall–Kier alpha value is -7.95. The molecule has 0 radical (unpaired) electrons. The summed E-state index contributed by atoms with van der Waals surface area (Å²) in [6, 6.07) is 75.0. The molecule has 0 aliphatic carbocycles. The van der Waals surface area contributed by atoms with Crippen molar-refractivity contribution >= 4 is 87.3 Å². The second-order valence-corrected chi connectivity index (χ2v) is 16.0. The molecule has 1 atom stereocenters. The third-order valence-corrected chi connectivity index (χ3v) is 12.7. The van der Waals surface area contributed by atoms with Crippen molar-refractivity contribution < 1.29 is 0 Å². The standard InChI is InChI=1S/C56H36N4/c1-2-14-40-33-41(26-23-35(40)11-1)36-21-24-39(25-22-36)55-46-18-7-9-19-48(46)57-56(58-55)60-49-20-10-8-17-45(49)47-34-42(29-32-50(47)60)59-51-30-27-37-12-3-5-15-43(37)53(51)54-44-16-6-4-13-38(44)28-31-52(54)59/h1-34,56-57H. The molecule has 1 N–H and O–H groups in total. The van der Waals surface area contributed by atoms with Gasteiger partial charge < -0.3 is 14.5 Å². The maximum atomic E-state index is 5.55. The number of nitrogens with zero attached hydrogens (tertiary/aromatic N) is 3. The van der Waals surface area contributed by atoms with Crippen LogP contribution >= 0.6 is 0 Å². The van der Waals surface area contributed by atoms with Gasteiger partial charge in [0.15, 0.2) is 0 Å². The largest absolute Gasteiger partial charge is 0.346 e. The van der Waals surface area contributed by atoms with Gasteiger partial charge in [-0.1, -0.05) is 158 Å². The molecule has 1 aliphatic rings. The van der Waals surface area contributed by atoms with Crippen LogP contribution in [-0.4, -0.2) is 14.8 Å². The monoisotopic (exact) mass is 764 g/mol. The zero-order valence-electron chi connectivity index (χ0n) is 32.5. The minimum Gasteiger partial charge on any atom is -0.346 e. The maximum absolute atomic E-state index is 5.55. The minimum absolute atomic E-state index is 0.366. The Balaban J connectivity index is 0.982. The number of anilines is 1. The summed E-state index contributed by atoms with van der Waals surface area (Å²) in [6.45, 7) is 0. The van der Waals surface area contributed by atoms with E-state index in [1.807, 2.05) is 0 Å². The fourth-order valence-corrected chi connectivity index (χ4v) is 9.94. The molecule has 10 aromatic carbocycles. The number of para-hydroxylation sites is 2. The van der Waals surface area contributed by atoms with Crippen molar-refractivity contribution in [1.82, 2.24) is 9.13 Å². The summed E-state index contributed by atoms with van der Waals surface area (Å²) in [5.41, 5.74) is 12.4. The summed E-state index contributed by atoms with van der Waals surface area (Å²) in [4.78, 5) is 5.55. The Labute approximate surface area is 345 Å². The number of aliphatic imine (C=N–C) groups is 1. The molecule has 4 nitrogen and oxygen atoms in total. The first-order valence-electron chi connectivity index (χ1n) is 20.7. The highest BCUT2D eigenvalue weighted by atomic mass is 15.3. The van der Waals surface area contributed by atoms with Crippen molar-refractivity contribution in [2.24, 2.45) is 4.99 Å². The molecule has 60 heavy (non-hydrogen) atoms. The van der Waals surface area contributed by atoms with Gasteiger partial charge in [-0.05, 0) is 92.0 Å². The molecule has 12 aromatic rings. The maximum Gasteiger partial charge on any atom is 0.201 e. The Morgan fingerprint density at radius 3 is 1.68 bits per heavy atom. The van der Waals surface area contributed by atoms with E-state index >= 15 is 0 Å². The van der Waals surface area contributed by atoms with Crippen LogP contribution in [0.5, 0.6) is 0 Å². The van der Waals surface area contributed by atoms with Crippen LogP contribution in [0.1, 0.15) is 17.4 Å². The van der Waals surface area contributed by atoms with Crippen LogP contribution in [0.2, 0.25) is 0 Å². The fourth-order valence-electron chi connectivity index (χ4n) is 9.94. The second kappa shape index (κ2) is 12.8. The normalized spacial score (nSPS) is 14.1. The minimum atomic E-state index is -0.366. The van der Waals surface area contributed by atoms with Crippen molar-refractivity contribution in [2.75, 3.05) is 5.32 Å². The van der Waals surface area contributed by atoms with E-state index in [-0.39, 0.29) is 6.29 Å². The third kappa shape index (κ3) is 4.88. The second-order valence-electron chi connectivity index (χ2n) is 16.0. The predicted octanol–water partition coefficient (Wildman–Crippen LogP) is 14.4. The average molecular weight is 765 g/mol.